The first-order valence-corrected chi connectivity index (χ1v) is 5.57. The summed E-state index contributed by atoms with van der Waals surface area (Å²) in [4.78, 5) is 7.10. The van der Waals surface area contributed by atoms with Crippen LogP contribution in [0.25, 0.3) is 0 Å². The first-order valence-electron chi connectivity index (χ1n) is 5.57. The van der Waals surface area contributed by atoms with Crippen molar-refractivity contribution in [1.29, 1.82) is 0 Å². The lowest BCUT2D eigenvalue weighted by molar-refractivity contribution is 0.124. The van der Waals surface area contributed by atoms with Gasteiger partial charge in [-0.1, -0.05) is 0 Å². The van der Waals surface area contributed by atoms with Crippen LogP contribution in [-0.4, -0.2) is 26.3 Å². The molecule has 0 saturated carbocycles. The maximum atomic E-state index is 5.15. The highest BCUT2D eigenvalue weighted by atomic mass is 16.6. The van der Waals surface area contributed by atoms with E-state index in [1.165, 1.54) is 12.1 Å². The first-order chi connectivity index (χ1) is 7.85. The zero-order valence-electron chi connectivity index (χ0n) is 9.56. The second-order valence-electron chi connectivity index (χ2n) is 4.02. The first kappa shape index (κ1) is 11.2. The predicted octanol–water partition coefficient (Wildman–Crippen LogP) is 1.55. The second kappa shape index (κ2) is 5.18. The summed E-state index contributed by atoms with van der Waals surface area (Å²) in [5, 5.41) is 0. The smallest absolute Gasteiger partial charge is 0.119 e. The highest BCUT2D eigenvalue weighted by molar-refractivity contribution is 5.50. The second-order valence-corrected chi connectivity index (χ2v) is 4.02. The van der Waals surface area contributed by atoms with Gasteiger partial charge in [-0.2, -0.15) is 0 Å². The van der Waals surface area contributed by atoms with Gasteiger partial charge in [0.15, 0.2) is 0 Å². The van der Waals surface area contributed by atoms with Crippen LogP contribution in [0.1, 0.15) is 12.8 Å². The molecular formula is C12H18N2O2. The van der Waals surface area contributed by atoms with Crippen molar-refractivity contribution < 1.29 is 9.57 Å². The fraction of sp³-hybridized carbons (Fsp3) is 0.500. The maximum Gasteiger partial charge on any atom is 0.119 e. The third-order valence-corrected chi connectivity index (χ3v) is 3.07. The minimum Gasteiger partial charge on any atom is -0.497 e. The Morgan fingerprint density at radius 1 is 1.38 bits per heavy atom. The van der Waals surface area contributed by atoms with Crippen molar-refractivity contribution in [2.75, 3.05) is 25.2 Å². The summed E-state index contributed by atoms with van der Waals surface area (Å²) in [7, 11) is 1.68. The highest BCUT2D eigenvalue weighted by Gasteiger charge is 2.24. The van der Waals surface area contributed by atoms with Crippen molar-refractivity contribution in [3.05, 3.63) is 24.3 Å². The van der Waals surface area contributed by atoms with Gasteiger partial charge >= 0.3 is 0 Å². The van der Waals surface area contributed by atoms with Crippen molar-refractivity contribution >= 4 is 5.69 Å². The zero-order chi connectivity index (χ0) is 11.4. The average molecular weight is 222 g/mol. The van der Waals surface area contributed by atoms with Crippen LogP contribution in [0.3, 0.4) is 0 Å². The number of hydrogen-bond donors (Lipinski definition) is 1. The molecular weight excluding hydrogens is 204 g/mol. The molecule has 0 amide bonds. The molecule has 1 atom stereocenters. The van der Waals surface area contributed by atoms with Crippen LogP contribution in [0, 0.1) is 0 Å². The van der Waals surface area contributed by atoms with Crippen LogP contribution in [0.2, 0.25) is 0 Å². The molecule has 2 rings (SSSR count). The molecule has 16 heavy (non-hydrogen) atoms. The monoisotopic (exact) mass is 222 g/mol. The molecule has 4 nitrogen and oxygen atoms in total. The zero-order valence-corrected chi connectivity index (χ0v) is 9.56. The fourth-order valence-electron chi connectivity index (χ4n) is 2.23. The summed E-state index contributed by atoms with van der Waals surface area (Å²) in [5.41, 5.74) is 1.21. The van der Waals surface area contributed by atoms with Gasteiger partial charge in [0.25, 0.3) is 0 Å². The molecule has 0 aliphatic carbocycles. The van der Waals surface area contributed by atoms with Crippen LogP contribution in [0.5, 0.6) is 5.75 Å². The van der Waals surface area contributed by atoms with Gasteiger partial charge in [-0.25, -0.2) is 5.90 Å². The van der Waals surface area contributed by atoms with Crippen LogP contribution in [0.4, 0.5) is 5.69 Å². The molecule has 1 aromatic carbocycles. The molecule has 88 valence electrons. The van der Waals surface area contributed by atoms with E-state index in [0.717, 1.165) is 18.7 Å². The Hall–Kier alpha value is -1.26. The van der Waals surface area contributed by atoms with Crippen LogP contribution < -0.4 is 15.5 Å². The van der Waals surface area contributed by atoms with Gasteiger partial charge in [0.1, 0.15) is 5.75 Å². The summed E-state index contributed by atoms with van der Waals surface area (Å²) in [6.45, 7) is 1.66. The molecule has 4 heteroatoms. The summed E-state index contributed by atoms with van der Waals surface area (Å²) in [5.74, 6) is 6.03. The lowest BCUT2D eigenvalue weighted by atomic mass is 10.2. The van der Waals surface area contributed by atoms with Crippen LogP contribution >= 0.6 is 0 Å². The molecule has 1 heterocycles. The molecule has 1 aliphatic rings. The Kier molecular flexibility index (Phi) is 3.64. The van der Waals surface area contributed by atoms with E-state index in [9.17, 15) is 0 Å². The van der Waals surface area contributed by atoms with Crippen molar-refractivity contribution in [2.45, 2.75) is 18.9 Å². The van der Waals surface area contributed by atoms with Gasteiger partial charge in [0, 0.05) is 12.2 Å². The molecule has 1 fully saturated rings. The molecule has 0 spiro atoms. The molecule has 2 N–H and O–H groups in total. The molecule has 0 radical (unpaired) electrons. The molecule has 0 aromatic heterocycles. The number of benzene rings is 1. The minimum absolute atomic E-state index is 0.401. The van der Waals surface area contributed by atoms with E-state index in [0.29, 0.717) is 12.6 Å². The average Bonchev–Trinajstić information content (AvgIpc) is 2.78. The lowest BCUT2D eigenvalue weighted by Gasteiger charge is -2.26. The third kappa shape index (κ3) is 2.28. The van der Waals surface area contributed by atoms with Crippen molar-refractivity contribution in [3.63, 3.8) is 0 Å². The molecule has 1 unspecified atom stereocenters. The molecule has 1 aliphatic heterocycles. The van der Waals surface area contributed by atoms with Crippen molar-refractivity contribution in [1.82, 2.24) is 0 Å². The van der Waals surface area contributed by atoms with E-state index in [4.69, 9.17) is 15.5 Å². The number of anilines is 1. The Morgan fingerprint density at radius 3 is 2.75 bits per heavy atom. The third-order valence-electron chi connectivity index (χ3n) is 3.07. The SMILES string of the molecule is COc1ccc(N2CCCC2CON)cc1. The van der Waals surface area contributed by atoms with E-state index in [-0.39, 0.29) is 0 Å². The van der Waals surface area contributed by atoms with E-state index in [1.807, 2.05) is 12.1 Å². The molecule has 1 saturated heterocycles. The van der Waals surface area contributed by atoms with Crippen LogP contribution in [0.15, 0.2) is 24.3 Å². The standard InChI is InChI=1S/C12H18N2O2/c1-15-12-6-4-10(5-7-12)14-8-2-3-11(14)9-16-13/h4-7,11H,2-3,8-9,13H2,1H3. The van der Waals surface area contributed by atoms with Gasteiger partial charge in [-0.05, 0) is 37.1 Å². The quantitative estimate of drug-likeness (QED) is 0.785. The van der Waals surface area contributed by atoms with Gasteiger partial charge < -0.3 is 14.5 Å². The predicted molar refractivity (Wildman–Crippen MR) is 63.5 cm³/mol. The van der Waals surface area contributed by atoms with Gasteiger partial charge in [0.2, 0.25) is 0 Å². The number of rotatable bonds is 4. The number of hydrogen-bond acceptors (Lipinski definition) is 4. The maximum absolute atomic E-state index is 5.15. The topological polar surface area (TPSA) is 47.7 Å². The van der Waals surface area contributed by atoms with Crippen molar-refractivity contribution in [2.24, 2.45) is 5.90 Å². The number of nitrogens with zero attached hydrogens (tertiary/aromatic N) is 1. The van der Waals surface area contributed by atoms with Gasteiger partial charge in [-0.15, -0.1) is 0 Å². The van der Waals surface area contributed by atoms with Gasteiger partial charge in [-0.3, -0.25) is 0 Å². The van der Waals surface area contributed by atoms with E-state index < -0.39 is 0 Å². The Morgan fingerprint density at radius 2 is 2.12 bits per heavy atom. The van der Waals surface area contributed by atoms with Crippen LogP contribution in [-0.2, 0) is 4.84 Å². The largest absolute Gasteiger partial charge is 0.497 e. The summed E-state index contributed by atoms with van der Waals surface area (Å²) >= 11 is 0. The fourth-order valence-corrected chi connectivity index (χ4v) is 2.23. The summed E-state index contributed by atoms with van der Waals surface area (Å²) < 4.78 is 5.14. The van der Waals surface area contributed by atoms with Gasteiger partial charge in [0.05, 0.1) is 19.8 Å². The molecule has 0 bridgehead atoms. The Labute approximate surface area is 95.9 Å². The van der Waals surface area contributed by atoms with E-state index >= 15 is 0 Å². The summed E-state index contributed by atoms with van der Waals surface area (Å²) in [6, 6.07) is 8.52. The van der Waals surface area contributed by atoms with E-state index in [1.54, 1.807) is 7.11 Å². The van der Waals surface area contributed by atoms with Crippen molar-refractivity contribution in [3.8, 4) is 5.75 Å². The molecule has 1 aromatic rings. The normalized spacial score (nSPS) is 20.1. The highest BCUT2D eigenvalue weighted by Crippen LogP contribution is 2.27. The van der Waals surface area contributed by atoms with E-state index in [2.05, 4.69) is 17.0 Å². The Bertz CT molecular complexity index is 326. The lowest BCUT2D eigenvalue weighted by Crippen LogP contribution is -2.33. The minimum atomic E-state index is 0.401. The number of ether oxygens (including phenoxy) is 1. The number of nitrogens with two attached hydrogens (primary N) is 1. The number of methoxy groups -OCH3 is 1. The Balaban J connectivity index is 2.09. The summed E-state index contributed by atoms with van der Waals surface area (Å²) in [6.07, 6.45) is 2.34.